The Morgan fingerprint density at radius 2 is 1.40 bits per heavy atom. The van der Waals surface area contributed by atoms with Gasteiger partial charge in [0.05, 0.1) is 0 Å². The third kappa shape index (κ3) is 10.3. The molecular weight excluding hydrogens is 275 g/mol. The number of benzene rings is 1. The molecule has 0 aliphatic heterocycles. The summed E-state index contributed by atoms with van der Waals surface area (Å²) < 4.78 is 0. The van der Waals surface area contributed by atoms with Gasteiger partial charge in [-0.3, -0.25) is 0 Å². The predicted molar refractivity (Wildman–Crippen MR) is 72.9 cm³/mol. The van der Waals surface area contributed by atoms with Gasteiger partial charge in [0.15, 0.2) is 0 Å². The van der Waals surface area contributed by atoms with E-state index in [1.807, 2.05) is 24.3 Å². The summed E-state index contributed by atoms with van der Waals surface area (Å²) in [5.41, 5.74) is 2.06. The van der Waals surface area contributed by atoms with Crippen LogP contribution >= 0.6 is 0 Å². The van der Waals surface area contributed by atoms with Gasteiger partial charge in [-0.15, -0.1) is 0 Å². The van der Waals surface area contributed by atoms with Gasteiger partial charge in [0.1, 0.15) is 0 Å². The van der Waals surface area contributed by atoms with E-state index in [2.05, 4.69) is 13.8 Å². The molecule has 0 bridgehead atoms. The first-order valence-corrected chi connectivity index (χ1v) is 5.30. The first-order valence-electron chi connectivity index (χ1n) is 5.30. The molecule has 1 rings (SSSR count). The van der Waals surface area contributed by atoms with Gasteiger partial charge in [-0.2, -0.15) is 0 Å². The van der Waals surface area contributed by atoms with Crippen LogP contribution in [0.5, 0.6) is 0 Å². The van der Waals surface area contributed by atoms with E-state index in [4.69, 9.17) is 0 Å². The van der Waals surface area contributed by atoms with Gasteiger partial charge >= 0.3 is 29.6 Å². The van der Waals surface area contributed by atoms with Crippen LogP contribution in [0.15, 0.2) is 24.3 Å². The maximum Gasteiger partial charge on any atom is 1.00 e. The average molecular weight is 300 g/mol. The van der Waals surface area contributed by atoms with E-state index in [-0.39, 0.29) is 51.5 Å². The standard InChI is InChI=1S/C13H18O2.Na.4H2O/c1-9(2)8-11-4-6-12(7-5-11)10(3)13(14)15;;;;;/h4-7,9-10H,8H2,1-3H3,(H,14,15);;4*1H2/q;+1;;;;/p-1. The molecule has 1 unspecified atom stereocenters. The van der Waals surface area contributed by atoms with Crippen molar-refractivity contribution in [1.82, 2.24) is 0 Å². The molecule has 0 heterocycles. The summed E-state index contributed by atoms with van der Waals surface area (Å²) in [5.74, 6) is -0.931. The third-order valence-corrected chi connectivity index (χ3v) is 2.48. The Morgan fingerprint density at radius 1 is 1.00 bits per heavy atom. The van der Waals surface area contributed by atoms with Crippen molar-refractivity contribution in [2.75, 3.05) is 0 Å². The van der Waals surface area contributed by atoms with Gasteiger partial charge in [-0.1, -0.05) is 45.0 Å². The van der Waals surface area contributed by atoms with E-state index in [9.17, 15) is 9.90 Å². The Labute approximate surface area is 141 Å². The van der Waals surface area contributed by atoms with Crippen molar-refractivity contribution < 1.29 is 61.4 Å². The first kappa shape index (κ1) is 31.8. The number of carbonyl (C=O) groups excluding carboxylic acids is 1. The Hall–Kier alpha value is -0.470. The Bertz CT molecular complexity index is 339. The van der Waals surface area contributed by atoms with Crippen LogP contribution in [0.1, 0.15) is 37.8 Å². The van der Waals surface area contributed by atoms with Gasteiger partial charge in [-0.25, -0.2) is 0 Å². The molecule has 0 radical (unpaired) electrons. The molecule has 0 fully saturated rings. The molecule has 1 atom stereocenters. The smallest absolute Gasteiger partial charge is 0.550 e. The summed E-state index contributed by atoms with van der Waals surface area (Å²) in [7, 11) is 0. The van der Waals surface area contributed by atoms with Gasteiger partial charge in [0, 0.05) is 11.9 Å². The second kappa shape index (κ2) is 14.9. The number of carbonyl (C=O) groups is 1. The quantitative estimate of drug-likeness (QED) is 0.511. The molecule has 0 amide bonds. The molecule has 0 saturated heterocycles. The van der Waals surface area contributed by atoms with Crippen molar-refractivity contribution in [1.29, 1.82) is 0 Å². The SMILES string of the molecule is CC(C)Cc1ccc(C(C)C(=O)[O-])cc1.O.O.O.O.[Na+]. The van der Waals surface area contributed by atoms with Crippen molar-refractivity contribution in [3.05, 3.63) is 35.4 Å². The number of carboxylic acids is 1. The number of aliphatic carboxylic acids is 1. The van der Waals surface area contributed by atoms with Crippen molar-refractivity contribution in [3.8, 4) is 0 Å². The molecule has 0 aliphatic rings. The van der Waals surface area contributed by atoms with Crippen LogP contribution < -0.4 is 34.7 Å². The summed E-state index contributed by atoms with van der Waals surface area (Å²) in [5, 5.41) is 10.7. The molecule has 8 N–H and O–H groups in total. The van der Waals surface area contributed by atoms with Crippen molar-refractivity contribution in [2.45, 2.75) is 33.1 Å². The molecule has 1 aromatic carbocycles. The van der Waals surface area contributed by atoms with Crippen LogP contribution in [0, 0.1) is 5.92 Å². The van der Waals surface area contributed by atoms with Crippen LogP contribution in [0.4, 0.5) is 0 Å². The molecule has 6 nitrogen and oxygen atoms in total. The van der Waals surface area contributed by atoms with Crippen molar-refractivity contribution >= 4 is 5.97 Å². The molecule has 0 saturated carbocycles. The largest absolute Gasteiger partial charge is 1.00 e. The molecule has 114 valence electrons. The summed E-state index contributed by atoms with van der Waals surface area (Å²) in [6, 6.07) is 7.74. The van der Waals surface area contributed by atoms with E-state index in [1.54, 1.807) is 6.92 Å². The predicted octanol–water partition coefficient (Wildman–Crippen LogP) is -4.56. The monoisotopic (exact) mass is 300 g/mol. The van der Waals surface area contributed by atoms with Crippen LogP contribution in [-0.4, -0.2) is 27.9 Å². The second-order valence-corrected chi connectivity index (χ2v) is 4.38. The summed E-state index contributed by atoms with van der Waals surface area (Å²) in [4.78, 5) is 10.7. The minimum Gasteiger partial charge on any atom is -0.550 e. The number of rotatable bonds is 4. The van der Waals surface area contributed by atoms with Gasteiger partial charge in [-0.05, 0) is 23.5 Å². The van der Waals surface area contributed by atoms with E-state index in [0.717, 1.165) is 12.0 Å². The van der Waals surface area contributed by atoms with E-state index in [1.165, 1.54) is 5.56 Å². The zero-order chi connectivity index (χ0) is 11.4. The Balaban J connectivity index is -0.000000150. The van der Waals surface area contributed by atoms with Gasteiger partial charge < -0.3 is 31.8 Å². The fourth-order valence-electron chi connectivity index (χ4n) is 1.55. The minimum atomic E-state index is -1.02. The zero-order valence-electron chi connectivity index (χ0n) is 12.5. The maximum absolute atomic E-state index is 10.7. The fraction of sp³-hybridized carbons (Fsp3) is 0.462. The Kier molecular flexibility index (Phi) is 23.7. The molecule has 0 spiro atoms. The van der Waals surface area contributed by atoms with Crippen molar-refractivity contribution in [3.63, 3.8) is 0 Å². The Morgan fingerprint density at radius 3 is 1.70 bits per heavy atom. The van der Waals surface area contributed by atoms with Gasteiger partial charge in [0.2, 0.25) is 0 Å². The van der Waals surface area contributed by atoms with Crippen LogP contribution in [-0.2, 0) is 11.2 Å². The number of hydrogen-bond acceptors (Lipinski definition) is 2. The summed E-state index contributed by atoms with van der Waals surface area (Å²) in [6.07, 6.45) is 1.03. The molecule has 20 heavy (non-hydrogen) atoms. The van der Waals surface area contributed by atoms with Crippen LogP contribution in [0.25, 0.3) is 0 Å². The molecule has 7 heteroatoms. The second-order valence-electron chi connectivity index (χ2n) is 4.38. The average Bonchev–Trinajstić information content (AvgIpc) is 2.17. The summed E-state index contributed by atoms with van der Waals surface area (Å²) >= 11 is 0. The maximum atomic E-state index is 10.7. The van der Waals surface area contributed by atoms with Gasteiger partial charge in [0.25, 0.3) is 0 Å². The molecule has 0 aliphatic carbocycles. The normalized spacial score (nSPS) is 9.60. The first-order chi connectivity index (χ1) is 7.00. The minimum absolute atomic E-state index is 0. The number of carboxylic acid groups (broad SMARTS) is 1. The van der Waals surface area contributed by atoms with Crippen LogP contribution in [0.2, 0.25) is 0 Å². The number of hydrogen-bond donors (Lipinski definition) is 0. The molecule has 1 aromatic rings. The van der Waals surface area contributed by atoms with Crippen molar-refractivity contribution in [2.24, 2.45) is 5.92 Å². The fourth-order valence-corrected chi connectivity index (χ4v) is 1.55. The van der Waals surface area contributed by atoms with E-state index < -0.39 is 11.9 Å². The van der Waals surface area contributed by atoms with E-state index >= 15 is 0 Å². The third-order valence-electron chi connectivity index (χ3n) is 2.48. The van der Waals surface area contributed by atoms with E-state index in [0.29, 0.717) is 5.92 Å². The molecule has 0 aromatic heterocycles. The zero-order valence-corrected chi connectivity index (χ0v) is 14.5. The molecular formula is C13H25NaO6. The van der Waals surface area contributed by atoms with Crippen LogP contribution in [0.3, 0.4) is 0 Å². The topological polar surface area (TPSA) is 166 Å². The summed E-state index contributed by atoms with van der Waals surface area (Å²) in [6.45, 7) is 5.97.